The van der Waals surface area contributed by atoms with E-state index in [1.807, 2.05) is 19.1 Å². The molecule has 0 saturated heterocycles. The van der Waals surface area contributed by atoms with Crippen molar-refractivity contribution in [3.63, 3.8) is 0 Å². The number of esters is 2. The standard InChI is InChI=1S/C30H18Cl2O6/c1-16-25-14-21(37-29(35)19-6-2-4-17(12-19)27(31)33)8-10-23(25)24-11-9-22(15-26(16)24)38-30(36)20-7-3-5-18(13-20)28(32)34/h2-16H,1H3. The maximum atomic E-state index is 12.7. The van der Waals surface area contributed by atoms with Crippen LogP contribution in [0, 0.1) is 0 Å². The molecule has 0 amide bonds. The smallest absolute Gasteiger partial charge is 0.343 e. The molecule has 8 heteroatoms. The molecule has 1 aliphatic carbocycles. The Morgan fingerprint density at radius 1 is 0.579 bits per heavy atom. The largest absolute Gasteiger partial charge is 0.423 e. The third kappa shape index (κ3) is 4.96. The van der Waals surface area contributed by atoms with Gasteiger partial charge in [0.15, 0.2) is 0 Å². The molecule has 0 saturated carbocycles. The number of hydrogen-bond donors (Lipinski definition) is 0. The molecule has 0 radical (unpaired) electrons. The molecule has 0 N–H and O–H groups in total. The van der Waals surface area contributed by atoms with Crippen molar-refractivity contribution in [2.45, 2.75) is 12.8 Å². The van der Waals surface area contributed by atoms with Gasteiger partial charge in [0, 0.05) is 17.0 Å². The second-order valence-electron chi connectivity index (χ2n) is 8.71. The van der Waals surface area contributed by atoms with Gasteiger partial charge in [0.05, 0.1) is 11.1 Å². The van der Waals surface area contributed by atoms with Crippen molar-refractivity contribution >= 4 is 45.6 Å². The first-order valence-corrected chi connectivity index (χ1v) is 12.3. The monoisotopic (exact) mass is 544 g/mol. The number of carbonyl (C=O) groups is 4. The van der Waals surface area contributed by atoms with Crippen molar-refractivity contribution in [3.05, 3.63) is 118 Å². The van der Waals surface area contributed by atoms with Crippen LogP contribution in [-0.4, -0.2) is 22.4 Å². The molecule has 38 heavy (non-hydrogen) atoms. The summed E-state index contributed by atoms with van der Waals surface area (Å²) in [6, 6.07) is 22.8. The quantitative estimate of drug-likeness (QED) is 0.147. The third-order valence-corrected chi connectivity index (χ3v) is 6.78. The Hall–Kier alpha value is -4.26. The molecule has 0 fully saturated rings. The molecule has 188 valence electrons. The Bertz CT molecular complexity index is 1520. The highest BCUT2D eigenvalue weighted by atomic mass is 35.5. The fraction of sp³-hybridized carbons (Fsp3) is 0.0667. The van der Waals surface area contributed by atoms with Crippen LogP contribution < -0.4 is 9.47 Å². The van der Waals surface area contributed by atoms with Crippen LogP contribution in [-0.2, 0) is 0 Å². The summed E-state index contributed by atoms with van der Waals surface area (Å²) < 4.78 is 11.1. The van der Waals surface area contributed by atoms with E-state index in [0.717, 1.165) is 22.3 Å². The summed E-state index contributed by atoms with van der Waals surface area (Å²) in [6.45, 7) is 2.01. The maximum Gasteiger partial charge on any atom is 0.343 e. The number of carbonyl (C=O) groups excluding carboxylic acids is 4. The number of fused-ring (bicyclic) bond motifs is 3. The Morgan fingerprint density at radius 2 is 0.974 bits per heavy atom. The minimum atomic E-state index is -0.660. The van der Waals surface area contributed by atoms with Crippen LogP contribution in [0.1, 0.15) is 65.4 Å². The fourth-order valence-corrected chi connectivity index (χ4v) is 4.69. The summed E-state index contributed by atoms with van der Waals surface area (Å²) in [5.41, 5.74) is 4.69. The van der Waals surface area contributed by atoms with Crippen molar-refractivity contribution in [1.29, 1.82) is 0 Å². The molecule has 4 aromatic carbocycles. The fourth-order valence-electron chi connectivity index (χ4n) is 4.45. The van der Waals surface area contributed by atoms with E-state index in [1.54, 1.807) is 48.5 Å². The molecule has 6 nitrogen and oxygen atoms in total. The van der Waals surface area contributed by atoms with E-state index < -0.39 is 22.4 Å². The highest BCUT2D eigenvalue weighted by Gasteiger charge is 2.27. The van der Waals surface area contributed by atoms with E-state index in [0.29, 0.717) is 11.5 Å². The van der Waals surface area contributed by atoms with Crippen LogP contribution in [0.5, 0.6) is 11.5 Å². The van der Waals surface area contributed by atoms with Gasteiger partial charge in [0.2, 0.25) is 0 Å². The Labute approximate surface area is 227 Å². The lowest BCUT2D eigenvalue weighted by Gasteiger charge is -2.10. The average molecular weight is 545 g/mol. The number of benzene rings is 4. The SMILES string of the molecule is CC1c2cc(OC(=O)c3cccc(C(=O)Cl)c3)ccc2-c2ccc(OC(=O)c3cccc(C(=O)Cl)c3)cc21. The van der Waals surface area contributed by atoms with E-state index >= 15 is 0 Å². The van der Waals surface area contributed by atoms with Gasteiger partial charge >= 0.3 is 11.9 Å². The van der Waals surface area contributed by atoms with Gasteiger partial charge in [0.1, 0.15) is 11.5 Å². The van der Waals surface area contributed by atoms with Crippen molar-refractivity contribution in [1.82, 2.24) is 0 Å². The molecule has 0 aliphatic heterocycles. The molecular formula is C30H18Cl2O6. The molecule has 0 atom stereocenters. The summed E-state index contributed by atoms with van der Waals surface area (Å²) in [4.78, 5) is 48.1. The first-order valence-electron chi connectivity index (χ1n) is 11.5. The van der Waals surface area contributed by atoms with Crippen LogP contribution in [0.2, 0.25) is 0 Å². The van der Waals surface area contributed by atoms with Gasteiger partial charge < -0.3 is 9.47 Å². The highest BCUT2D eigenvalue weighted by molar-refractivity contribution is 6.68. The molecule has 0 bridgehead atoms. The average Bonchev–Trinajstić information content (AvgIpc) is 3.19. The number of ether oxygens (including phenoxy) is 2. The van der Waals surface area contributed by atoms with E-state index in [1.165, 1.54) is 24.3 Å². The summed E-state index contributed by atoms with van der Waals surface area (Å²) in [5.74, 6) is -0.566. The zero-order valence-electron chi connectivity index (χ0n) is 19.9. The Morgan fingerprint density at radius 3 is 1.37 bits per heavy atom. The van der Waals surface area contributed by atoms with Crippen LogP contribution >= 0.6 is 23.2 Å². The lowest BCUT2D eigenvalue weighted by atomic mass is 9.99. The number of hydrogen-bond acceptors (Lipinski definition) is 6. The molecule has 0 spiro atoms. The van der Waals surface area contributed by atoms with Crippen molar-refractivity contribution in [2.24, 2.45) is 0 Å². The van der Waals surface area contributed by atoms with Gasteiger partial charge in [-0.2, -0.15) is 0 Å². The number of halogens is 2. The predicted molar refractivity (Wildman–Crippen MR) is 143 cm³/mol. The topological polar surface area (TPSA) is 86.7 Å². The van der Waals surface area contributed by atoms with Crippen molar-refractivity contribution in [3.8, 4) is 22.6 Å². The van der Waals surface area contributed by atoms with E-state index in [9.17, 15) is 19.2 Å². The lowest BCUT2D eigenvalue weighted by Crippen LogP contribution is -2.09. The summed E-state index contributed by atoms with van der Waals surface area (Å²) in [5, 5.41) is -1.32. The first kappa shape index (κ1) is 25.4. The number of rotatable bonds is 6. The second kappa shape index (κ2) is 10.2. The molecule has 0 aromatic heterocycles. The summed E-state index contributed by atoms with van der Waals surface area (Å²) >= 11 is 11.0. The predicted octanol–water partition coefficient (Wildman–Crippen LogP) is 7.02. The van der Waals surface area contributed by atoms with Crippen LogP contribution in [0.25, 0.3) is 11.1 Å². The highest BCUT2D eigenvalue weighted by Crippen LogP contribution is 2.47. The molecular weight excluding hydrogens is 527 g/mol. The van der Waals surface area contributed by atoms with Gasteiger partial charge in [-0.1, -0.05) is 43.3 Å². The Balaban J connectivity index is 1.35. The van der Waals surface area contributed by atoms with Crippen molar-refractivity contribution in [2.75, 3.05) is 0 Å². The second-order valence-corrected chi connectivity index (χ2v) is 9.39. The van der Waals surface area contributed by atoms with Crippen molar-refractivity contribution < 1.29 is 28.7 Å². The first-order chi connectivity index (χ1) is 18.2. The van der Waals surface area contributed by atoms with Gasteiger partial charge in [-0.25, -0.2) is 9.59 Å². The normalized spacial score (nSPS) is 11.9. The van der Waals surface area contributed by atoms with Gasteiger partial charge in [0.25, 0.3) is 10.5 Å². The minimum absolute atomic E-state index is 0.0632. The molecule has 1 aliphatic rings. The lowest BCUT2D eigenvalue weighted by molar-refractivity contribution is 0.0725. The van der Waals surface area contributed by atoms with Crippen LogP contribution in [0.4, 0.5) is 0 Å². The Kier molecular flexibility index (Phi) is 6.85. The van der Waals surface area contributed by atoms with Gasteiger partial charge in [-0.3, -0.25) is 9.59 Å². The third-order valence-electron chi connectivity index (χ3n) is 6.34. The van der Waals surface area contributed by atoms with Crippen LogP contribution in [0.15, 0.2) is 84.9 Å². The maximum absolute atomic E-state index is 12.7. The minimum Gasteiger partial charge on any atom is -0.423 e. The molecule has 5 rings (SSSR count). The molecule has 0 unspecified atom stereocenters. The molecule has 4 aromatic rings. The van der Waals surface area contributed by atoms with Gasteiger partial charge in [-0.15, -0.1) is 0 Å². The van der Waals surface area contributed by atoms with E-state index in [-0.39, 0.29) is 28.2 Å². The van der Waals surface area contributed by atoms with Gasteiger partial charge in [-0.05, 0) is 94.0 Å². The van der Waals surface area contributed by atoms with E-state index in [2.05, 4.69) is 0 Å². The molecule has 0 heterocycles. The zero-order valence-corrected chi connectivity index (χ0v) is 21.4. The van der Waals surface area contributed by atoms with Crippen LogP contribution in [0.3, 0.4) is 0 Å². The summed E-state index contributed by atoms with van der Waals surface area (Å²) in [7, 11) is 0. The van der Waals surface area contributed by atoms with E-state index in [4.69, 9.17) is 32.7 Å². The zero-order chi connectivity index (χ0) is 27.0. The summed E-state index contributed by atoms with van der Waals surface area (Å²) in [6.07, 6.45) is 0.